The van der Waals surface area contributed by atoms with Gasteiger partial charge in [-0.1, -0.05) is 19.1 Å². The van der Waals surface area contributed by atoms with Crippen LogP contribution in [0.5, 0.6) is 5.75 Å². The Hall–Kier alpha value is -1.36. The van der Waals surface area contributed by atoms with Gasteiger partial charge in [-0.05, 0) is 47.5 Å². The summed E-state index contributed by atoms with van der Waals surface area (Å²) < 4.78 is 5.38. The first-order valence-electron chi connectivity index (χ1n) is 7.21. The van der Waals surface area contributed by atoms with Crippen molar-refractivity contribution < 1.29 is 9.84 Å². The number of aliphatic hydroxyl groups is 1. The van der Waals surface area contributed by atoms with E-state index >= 15 is 0 Å². The zero-order chi connectivity index (χ0) is 15.4. The lowest BCUT2D eigenvalue weighted by Gasteiger charge is -2.23. The second kappa shape index (κ2) is 7.07. The molecule has 2 aromatic rings. The average molecular weight is 305 g/mol. The lowest BCUT2D eigenvalue weighted by molar-refractivity contribution is 0.150. The number of hydrogen-bond donors (Lipinski definition) is 2. The summed E-state index contributed by atoms with van der Waals surface area (Å²) in [6.07, 6.45) is 0.349. The van der Waals surface area contributed by atoms with Crippen molar-refractivity contribution in [3.05, 3.63) is 51.2 Å². The van der Waals surface area contributed by atoms with E-state index in [9.17, 15) is 5.11 Å². The van der Waals surface area contributed by atoms with E-state index in [1.54, 1.807) is 18.4 Å². The second-order valence-corrected chi connectivity index (χ2v) is 6.13. The van der Waals surface area contributed by atoms with Gasteiger partial charge < -0.3 is 15.6 Å². The molecule has 0 radical (unpaired) electrons. The molecular formula is C17H23NO2S. The van der Waals surface area contributed by atoms with Crippen LogP contribution in [0.2, 0.25) is 0 Å². The van der Waals surface area contributed by atoms with Crippen LogP contribution in [0.15, 0.2) is 29.6 Å². The highest BCUT2D eigenvalue weighted by atomic mass is 32.1. The van der Waals surface area contributed by atoms with Gasteiger partial charge in [-0.2, -0.15) is 0 Å². The smallest absolute Gasteiger partial charge is 0.122 e. The second-order valence-electron chi connectivity index (χ2n) is 5.18. The summed E-state index contributed by atoms with van der Waals surface area (Å²) in [7, 11) is 1.66. The van der Waals surface area contributed by atoms with Crippen LogP contribution in [0, 0.1) is 6.92 Å². The van der Waals surface area contributed by atoms with Gasteiger partial charge in [-0.15, -0.1) is 11.3 Å². The SMILES string of the molecule is CCc1ccsc1C(O)C(CN)c1ccc(C)c(OC)c1. The van der Waals surface area contributed by atoms with E-state index in [0.29, 0.717) is 6.54 Å². The first-order valence-corrected chi connectivity index (χ1v) is 8.09. The number of ether oxygens (including phenoxy) is 1. The van der Waals surface area contributed by atoms with Crippen LogP contribution in [-0.4, -0.2) is 18.8 Å². The maximum absolute atomic E-state index is 10.8. The Balaban J connectivity index is 2.35. The summed E-state index contributed by atoms with van der Waals surface area (Å²) in [5, 5.41) is 12.8. The Kier molecular flexibility index (Phi) is 5.39. The van der Waals surface area contributed by atoms with E-state index in [1.807, 2.05) is 30.5 Å². The van der Waals surface area contributed by atoms with Crippen molar-refractivity contribution in [2.75, 3.05) is 13.7 Å². The van der Waals surface area contributed by atoms with E-state index in [1.165, 1.54) is 5.56 Å². The molecule has 1 aromatic heterocycles. The maximum Gasteiger partial charge on any atom is 0.122 e. The van der Waals surface area contributed by atoms with Gasteiger partial charge in [0.2, 0.25) is 0 Å². The summed E-state index contributed by atoms with van der Waals surface area (Å²) in [5.41, 5.74) is 9.23. The van der Waals surface area contributed by atoms with Crippen molar-refractivity contribution in [2.45, 2.75) is 32.3 Å². The third-order valence-corrected chi connectivity index (χ3v) is 4.96. The van der Waals surface area contributed by atoms with Gasteiger partial charge in [0, 0.05) is 17.3 Å². The molecule has 1 aromatic carbocycles. The predicted molar refractivity (Wildman–Crippen MR) is 88.2 cm³/mol. The molecular weight excluding hydrogens is 282 g/mol. The highest BCUT2D eigenvalue weighted by Gasteiger charge is 2.25. The van der Waals surface area contributed by atoms with Gasteiger partial charge in [0.1, 0.15) is 5.75 Å². The van der Waals surface area contributed by atoms with Gasteiger partial charge >= 0.3 is 0 Å². The summed E-state index contributed by atoms with van der Waals surface area (Å²) >= 11 is 1.60. The number of hydrogen-bond acceptors (Lipinski definition) is 4. The number of rotatable bonds is 6. The molecule has 21 heavy (non-hydrogen) atoms. The fraction of sp³-hybridized carbons (Fsp3) is 0.412. The third-order valence-electron chi connectivity index (χ3n) is 3.93. The number of thiophene rings is 1. The van der Waals surface area contributed by atoms with Crippen LogP contribution >= 0.6 is 11.3 Å². The normalized spacial score (nSPS) is 14.0. The first-order chi connectivity index (χ1) is 10.1. The predicted octanol–water partition coefficient (Wildman–Crippen LogP) is 3.40. The maximum atomic E-state index is 10.8. The van der Waals surface area contributed by atoms with Crippen LogP contribution in [0.25, 0.3) is 0 Å². The molecule has 2 atom stereocenters. The van der Waals surface area contributed by atoms with Gasteiger partial charge in [0.15, 0.2) is 0 Å². The van der Waals surface area contributed by atoms with Crippen molar-refractivity contribution in [3.8, 4) is 5.75 Å². The Morgan fingerprint density at radius 1 is 1.33 bits per heavy atom. The lowest BCUT2D eigenvalue weighted by Crippen LogP contribution is -2.20. The van der Waals surface area contributed by atoms with Crippen LogP contribution in [-0.2, 0) is 6.42 Å². The molecule has 2 rings (SSSR count). The van der Waals surface area contributed by atoms with Crippen molar-refractivity contribution in [2.24, 2.45) is 5.73 Å². The monoisotopic (exact) mass is 305 g/mol. The van der Waals surface area contributed by atoms with E-state index in [4.69, 9.17) is 10.5 Å². The van der Waals surface area contributed by atoms with Crippen molar-refractivity contribution in [3.63, 3.8) is 0 Å². The van der Waals surface area contributed by atoms with Gasteiger partial charge in [-0.25, -0.2) is 0 Å². The van der Waals surface area contributed by atoms with E-state index in [-0.39, 0.29) is 5.92 Å². The number of nitrogens with two attached hydrogens (primary N) is 1. The Bertz CT molecular complexity index is 594. The van der Waals surface area contributed by atoms with E-state index in [0.717, 1.165) is 28.2 Å². The molecule has 0 saturated carbocycles. The first kappa shape index (κ1) is 16.0. The minimum absolute atomic E-state index is 0.122. The van der Waals surface area contributed by atoms with Crippen LogP contribution in [0.4, 0.5) is 0 Å². The summed E-state index contributed by atoms with van der Waals surface area (Å²) in [5.74, 6) is 0.712. The zero-order valence-corrected chi connectivity index (χ0v) is 13.6. The Morgan fingerprint density at radius 2 is 2.10 bits per heavy atom. The van der Waals surface area contributed by atoms with Crippen molar-refractivity contribution in [1.82, 2.24) is 0 Å². The molecule has 3 nitrogen and oxygen atoms in total. The van der Waals surface area contributed by atoms with Crippen molar-refractivity contribution >= 4 is 11.3 Å². The van der Waals surface area contributed by atoms with E-state index in [2.05, 4.69) is 13.0 Å². The number of benzene rings is 1. The Morgan fingerprint density at radius 3 is 2.71 bits per heavy atom. The van der Waals surface area contributed by atoms with Crippen LogP contribution in [0.1, 0.15) is 40.5 Å². The number of aliphatic hydroxyl groups excluding tert-OH is 1. The van der Waals surface area contributed by atoms with Crippen LogP contribution in [0.3, 0.4) is 0 Å². The Labute approximate surface area is 130 Å². The summed E-state index contributed by atoms with van der Waals surface area (Å²) in [6, 6.07) is 8.10. The number of aryl methyl sites for hydroxylation is 2. The molecule has 0 bridgehead atoms. The average Bonchev–Trinajstić information content (AvgIpc) is 2.97. The lowest BCUT2D eigenvalue weighted by atomic mass is 9.90. The largest absolute Gasteiger partial charge is 0.496 e. The minimum atomic E-state index is -0.572. The third kappa shape index (κ3) is 3.28. The molecule has 0 aliphatic rings. The molecule has 114 valence electrons. The molecule has 4 heteroatoms. The highest BCUT2D eigenvalue weighted by molar-refractivity contribution is 7.10. The fourth-order valence-electron chi connectivity index (χ4n) is 2.60. The zero-order valence-electron chi connectivity index (χ0n) is 12.8. The molecule has 3 N–H and O–H groups in total. The summed E-state index contributed by atoms with van der Waals surface area (Å²) in [4.78, 5) is 1.02. The minimum Gasteiger partial charge on any atom is -0.496 e. The molecule has 0 fully saturated rings. The molecule has 2 unspecified atom stereocenters. The topological polar surface area (TPSA) is 55.5 Å². The van der Waals surface area contributed by atoms with Crippen LogP contribution < -0.4 is 10.5 Å². The molecule has 0 amide bonds. The van der Waals surface area contributed by atoms with Gasteiger partial charge in [0.05, 0.1) is 13.2 Å². The fourth-order valence-corrected chi connectivity index (χ4v) is 3.64. The van der Waals surface area contributed by atoms with Gasteiger partial charge in [0.25, 0.3) is 0 Å². The standard InChI is InChI=1S/C17H23NO2S/c1-4-12-7-8-21-17(12)16(19)14(10-18)13-6-5-11(2)15(9-13)20-3/h5-9,14,16,19H,4,10,18H2,1-3H3. The van der Waals surface area contributed by atoms with Crippen molar-refractivity contribution in [1.29, 1.82) is 0 Å². The summed E-state index contributed by atoms with van der Waals surface area (Å²) in [6.45, 7) is 4.50. The molecule has 0 spiro atoms. The van der Waals surface area contributed by atoms with Gasteiger partial charge in [-0.3, -0.25) is 0 Å². The van der Waals surface area contributed by atoms with E-state index < -0.39 is 6.10 Å². The molecule has 1 heterocycles. The highest BCUT2D eigenvalue weighted by Crippen LogP contribution is 2.36. The quantitative estimate of drug-likeness (QED) is 0.860. The molecule has 0 aliphatic heterocycles. The number of methoxy groups -OCH3 is 1. The molecule has 0 saturated heterocycles. The molecule has 0 aliphatic carbocycles.